The minimum Gasteiger partial charge on any atom is -0.393 e. The molecule has 2 saturated heterocycles. The number of rotatable bonds is 3. The number of carbonyl (C=O) groups excluding carboxylic acids is 1. The fraction of sp³-hybridized carbons (Fsp3) is 0.818. The number of amides is 1. The van der Waals surface area contributed by atoms with E-state index in [0.717, 1.165) is 12.8 Å². The molecule has 0 spiro atoms. The van der Waals surface area contributed by atoms with Gasteiger partial charge in [-0.1, -0.05) is 12.2 Å². The van der Waals surface area contributed by atoms with E-state index in [-0.39, 0.29) is 24.4 Å². The van der Waals surface area contributed by atoms with Crippen LogP contribution in [0, 0.1) is 11.8 Å². The zero-order valence-corrected chi connectivity index (χ0v) is 11.1. The van der Waals surface area contributed by atoms with Crippen molar-refractivity contribution in [2.24, 2.45) is 17.6 Å². The molecule has 0 aromatic carbocycles. The molecular weight excluding hydrogens is 279 g/mol. The molecule has 4 nitrogen and oxygen atoms in total. The van der Waals surface area contributed by atoms with E-state index in [4.69, 9.17) is 5.73 Å². The van der Waals surface area contributed by atoms with Gasteiger partial charge >= 0.3 is 6.18 Å². The fourth-order valence-corrected chi connectivity index (χ4v) is 3.06. The number of likely N-dealkylation sites (tertiary alicyclic amines) is 1. The number of thiocarbonyl (C=S) groups is 1. The zero-order valence-electron chi connectivity index (χ0n) is 10.2. The second-order valence-electron chi connectivity index (χ2n) is 5.05. The van der Waals surface area contributed by atoms with Gasteiger partial charge < -0.3 is 11.1 Å². The van der Waals surface area contributed by atoms with E-state index in [1.807, 2.05) is 0 Å². The van der Waals surface area contributed by atoms with Crippen molar-refractivity contribution >= 4 is 23.1 Å². The minimum absolute atomic E-state index is 0.0615. The molecule has 3 unspecified atom stereocenters. The summed E-state index contributed by atoms with van der Waals surface area (Å²) < 4.78 is 38.6. The van der Waals surface area contributed by atoms with Crippen molar-refractivity contribution < 1.29 is 18.0 Å². The highest BCUT2D eigenvalue weighted by Gasteiger charge is 2.47. The number of hydrogen-bond donors (Lipinski definition) is 2. The summed E-state index contributed by atoms with van der Waals surface area (Å²) >= 11 is 4.53. The van der Waals surface area contributed by atoms with Gasteiger partial charge in [0.2, 0.25) is 5.91 Å². The van der Waals surface area contributed by atoms with Crippen molar-refractivity contribution in [1.82, 2.24) is 10.2 Å². The largest absolute Gasteiger partial charge is 0.399 e. The lowest BCUT2D eigenvalue weighted by Crippen LogP contribution is -2.51. The number of alkyl halides is 3. The molecule has 2 heterocycles. The minimum atomic E-state index is -4.44. The van der Waals surface area contributed by atoms with Crippen LogP contribution >= 0.6 is 12.2 Å². The van der Waals surface area contributed by atoms with Gasteiger partial charge in [0.1, 0.15) is 5.92 Å². The van der Waals surface area contributed by atoms with Crippen LogP contribution < -0.4 is 11.1 Å². The Morgan fingerprint density at radius 3 is 2.84 bits per heavy atom. The van der Waals surface area contributed by atoms with Crippen LogP contribution in [-0.2, 0) is 4.79 Å². The lowest BCUT2D eigenvalue weighted by molar-refractivity contribution is -0.161. The van der Waals surface area contributed by atoms with Crippen molar-refractivity contribution in [2.45, 2.75) is 25.1 Å². The maximum absolute atomic E-state index is 12.9. The Hall–Kier alpha value is -0.890. The number of hydrogen-bond acceptors (Lipinski definition) is 3. The molecule has 2 aliphatic heterocycles. The molecule has 1 amide bonds. The molecule has 0 bridgehead atoms. The van der Waals surface area contributed by atoms with Gasteiger partial charge in [-0.15, -0.1) is 0 Å². The summed E-state index contributed by atoms with van der Waals surface area (Å²) in [5.74, 6) is -2.07. The first-order valence-electron chi connectivity index (χ1n) is 6.18. The third-order valence-corrected chi connectivity index (χ3v) is 4.16. The van der Waals surface area contributed by atoms with Crippen molar-refractivity contribution in [2.75, 3.05) is 19.6 Å². The normalized spacial score (nSPS) is 29.7. The Morgan fingerprint density at radius 1 is 1.58 bits per heavy atom. The van der Waals surface area contributed by atoms with Crippen molar-refractivity contribution in [3.63, 3.8) is 0 Å². The van der Waals surface area contributed by atoms with Gasteiger partial charge in [-0.3, -0.25) is 9.69 Å². The van der Waals surface area contributed by atoms with Crippen molar-refractivity contribution in [3.8, 4) is 0 Å². The van der Waals surface area contributed by atoms with Gasteiger partial charge in [0.25, 0.3) is 0 Å². The molecule has 0 aliphatic carbocycles. The molecule has 3 atom stereocenters. The highest BCUT2D eigenvalue weighted by Crippen LogP contribution is 2.32. The van der Waals surface area contributed by atoms with Gasteiger partial charge in [-0.2, -0.15) is 13.2 Å². The Bertz CT molecular complexity index is 388. The van der Waals surface area contributed by atoms with Gasteiger partial charge in [-0.05, 0) is 19.4 Å². The summed E-state index contributed by atoms with van der Waals surface area (Å²) in [4.78, 5) is 12.7. The summed E-state index contributed by atoms with van der Waals surface area (Å²) in [5.41, 5.74) is 5.21. The molecular formula is C11H16F3N3OS. The molecule has 0 radical (unpaired) electrons. The highest BCUT2D eigenvalue weighted by atomic mass is 32.1. The lowest BCUT2D eigenvalue weighted by atomic mass is 9.90. The van der Waals surface area contributed by atoms with Crippen LogP contribution in [-0.4, -0.2) is 47.6 Å². The third kappa shape index (κ3) is 3.00. The smallest absolute Gasteiger partial charge is 0.393 e. The van der Waals surface area contributed by atoms with Crippen LogP contribution in [0.15, 0.2) is 0 Å². The lowest BCUT2D eigenvalue weighted by Gasteiger charge is -2.38. The summed E-state index contributed by atoms with van der Waals surface area (Å²) in [6.45, 7) is 0.700. The average Bonchev–Trinajstić information content (AvgIpc) is 2.67. The highest BCUT2D eigenvalue weighted by molar-refractivity contribution is 7.80. The van der Waals surface area contributed by atoms with Crippen LogP contribution in [0.2, 0.25) is 0 Å². The molecule has 0 saturated carbocycles. The molecule has 8 heteroatoms. The first kappa shape index (κ1) is 14.5. The predicted molar refractivity (Wildman–Crippen MR) is 67.4 cm³/mol. The van der Waals surface area contributed by atoms with Crippen molar-refractivity contribution in [3.05, 3.63) is 0 Å². The number of halogens is 3. The molecule has 2 fully saturated rings. The van der Waals surface area contributed by atoms with Crippen LogP contribution in [0.3, 0.4) is 0 Å². The van der Waals surface area contributed by atoms with Gasteiger partial charge in [0.15, 0.2) is 0 Å². The maximum atomic E-state index is 12.9. The molecule has 0 aromatic rings. The topological polar surface area (TPSA) is 58.4 Å². The Kier molecular flexibility index (Phi) is 4.00. The number of nitrogens with one attached hydrogen (secondary N) is 1. The summed E-state index contributed by atoms with van der Waals surface area (Å²) in [5, 5.41) is 2.71. The van der Waals surface area contributed by atoms with E-state index in [0.29, 0.717) is 13.1 Å². The van der Waals surface area contributed by atoms with Gasteiger partial charge in [-0.25, -0.2) is 0 Å². The second kappa shape index (κ2) is 5.24. The molecule has 2 aliphatic rings. The van der Waals surface area contributed by atoms with Crippen LogP contribution in [0.25, 0.3) is 0 Å². The number of carbonyl (C=O) groups is 1. The predicted octanol–water partition coefficient (Wildman–Crippen LogP) is 0.661. The Balaban J connectivity index is 2.09. The van der Waals surface area contributed by atoms with E-state index in [1.54, 1.807) is 4.90 Å². The van der Waals surface area contributed by atoms with Crippen molar-refractivity contribution in [1.29, 1.82) is 0 Å². The van der Waals surface area contributed by atoms with E-state index in [2.05, 4.69) is 17.5 Å². The van der Waals surface area contributed by atoms with E-state index < -0.39 is 17.1 Å². The van der Waals surface area contributed by atoms with Crippen LogP contribution in [0.1, 0.15) is 12.8 Å². The fourth-order valence-electron chi connectivity index (χ4n) is 2.86. The molecule has 108 valence electrons. The summed E-state index contributed by atoms with van der Waals surface area (Å²) in [6.07, 6.45) is -2.98. The Morgan fingerprint density at radius 2 is 2.26 bits per heavy atom. The van der Waals surface area contributed by atoms with Gasteiger partial charge in [0, 0.05) is 19.1 Å². The van der Waals surface area contributed by atoms with E-state index in [9.17, 15) is 18.0 Å². The van der Waals surface area contributed by atoms with Gasteiger partial charge in [0.05, 0.1) is 10.9 Å². The first-order valence-corrected chi connectivity index (χ1v) is 6.59. The van der Waals surface area contributed by atoms with Crippen LogP contribution in [0.4, 0.5) is 13.2 Å². The molecule has 19 heavy (non-hydrogen) atoms. The molecule has 0 aromatic heterocycles. The number of piperidine rings is 1. The summed E-state index contributed by atoms with van der Waals surface area (Å²) in [7, 11) is 0. The molecule has 2 rings (SSSR count). The summed E-state index contributed by atoms with van der Waals surface area (Å²) in [6, 6.07) is -0.166. The third-order valence-electron chi connectivity index (χ3n) is 3.87. The maximum Gasteiger partial charge on any atom is 0.399 e. The quantitative estimate of drug-likeness (QED) is 0.751. The SMILES string of the molecule is NC(=S)C(CN1CCCC2C(=O)NCC21)C(F)(F)F. The number of fused-ring (bicyclic) bond motifs is 1. The monoisotopic (exact) mass is 295 g/mol. The van der Waals surface area contributed by atoms with E-state index in [1.165, 1.54) is 0 Å². The number of nitrogens with two attached hydrogens (primary N) is 1. The standard InChI is InChI=1S/C11H16F3N3OS/c12-11(13,14)7(9(15)19)5-17-3-1-2-6-8(17)4-16-10(6)18/h6-8H,1-5H2,(H2,15,19)(H,16,18). The van der Waals surface area contributed by atoms with E-state index >= 15 is 0 Å². The second-order valence-corrected chi connectivity index (χ2v) is 5.52. The Labute approximate surface area is 114 Å². The van der Waals surface area contributed by atoms with Crippen LogP contribution in [0.5, 0.6) is 0 Å². The first-order chi connectivity index (χ1) is 8.80. The molecule has 3 N–H and O–H groups in total. The number of nitrogens with zero attached hydrogens (tertiary/aromatic N) is 1. The zero-order chi connectivity index (χ0) is 14.2. The average molecular weight is 295 g/mol.